The van der Waals surface area contributed by atoms with Crippen LogP contribution in [0.3, 0.4) is 0 Å². The molecule has 0 spiro atoms. The molecule has 15 aliphatic rings. The van der Waals surface area contributed by atoms with Crippen LogP contribution >= 0.6 is 0 Å². The van der Waals surface area contributed by atoms with E-state index in [0.29, 0.717) is 25.2 Å². The van der Waals surface area contributed by atoms with Gasteiger partial charge in [0.1, 0.15) is 18.3 Å². The number of carbonyl (C=O) groups is 3. The van der Waals surface area contributed by atoms with E-state index in [4.69, 9.17) is 14.2 Å². The van der Waals surface area contributed by atoms with Gasteiger partial charge in [-0.05, 0) is 275 Å². The summed E-state index contributed by atoms with van der Waals surface area (Å²) < 4.78 is 16.7. The number of fused-ring (bicyclic) bond motifs is 27. The molecule has 12 saturated carbocycles. The molecule has 0 aromatic carbocycles. The van der Waals surface area contributed by atoms with Gasteiger partial charge < -0.3 is 14.2 Å². The molecule has 0 radical (unpaired) electrons. The van der Waals surface area contributed by atoms with Crippen LogP contribution in [0.2, 0.25) is 0 Å². The molecule has 0 aromatic heterocycles. The predicted octanol–water partition coefficient (Wildman–Crippen LogP) is 12.8. The molecular formula is C60H90O6. The maximum atomic E-state index is 11.7. The molecule has 12 bridgehead atoms. The quantitative estimate of drug-likeness (QED) is 0.144. The van der Waals surface area contributed by atoms with Crippen molar-refractivity contribution in [2.75, 3.05) is 0 Å². The largest absolute Gasteiger partial charge is 0.462 e. The van der Waals surface area contributed by atoms with E-state index in [1.807, 2.05) is 0 Å². The van der Waals surface area contributed by atoms with Crippen LogP contribution in [0.15, 0.2) is 0 Å². The highest BCUT2D eigenvalue weighted by molar-refractivity contribution is 5.71. The summed E-state index contributed by atoms with van der Waals surface area (Å²) >= 11 is 0. The lowest BCUT2D eigenvalue weighted by Gasteiger charge is -2.45. The van der Waals surface area contributed by atoms with E-state index in [9.17, 15) is 14.4 Å². The zero-order valence-corrected chi connectivity index (χ0v) is 42.1. The molecule has 12 aliphatic carbocycles. The van der Waals surface area contributed by atoms with Crippen LogP contribution in [0.4, 0.5) is 0 Å². The molecule has 0 aromatic rings. The van der Waals surface area contributed by atoms with Gasteiger partial charge in [-0.15, -0.1) is 0 Å². The van der Waals surface area contributed by atoms with E-state index in [-0.39, 0.29) is 36.2 Å². The fraction of sp³-hybridized carbons (Fsp3) is 0.950. The van der Waals surface area contributed by atoms with Crippen LogP contribution in [-0.4, -0.2) is 36.2 Å². The first-order chi connectivity index (χ1) is 31.9. The first-order valence-corrected chi connectivity index (χ1v) is 29.5. The Kier molecular flexibility index (Phi) is 11.3. The van der Waals surface area contributed by atoms with Gasteiger partial charge in [-0.25, -0.2) is 0 Å². The average molecular weight is 907 g/mol. The first-order valence-electron chi connectivity index (χ1n) is 29.5. The van der Waals surface area contributed by atoms with Gasteiger partial charge in [0.25, 0.3) is 0 Å². The Morgan fingerprint density at radius 2 is 0.727 bits per heavy atom. The first kappa shape index (κ1) is 44.4. The molecule has 3 saturated heterocycles. The SMILES string of the molecule is CC1C(C)C2CC1C1C3CC(C4CCCC(=O)O4)C(C3)C21.CC1C(C)C2CC1C1C3CC(CCC4CCC(=O)O4)C(C3)C21.CC1C(C)C2CC1C1C3CC(CCC4CCCC(=O)O4)C(C3)C21. The topological polar surface area (TPSA) is 78.9 Å². The molecule has 6 heteroatoms. The van der Waals surface area contributed by atoms with Gasteiger partial charge in [0.15, 0.2) is 0 Å². The summed E-state index contributed by atoms with van der Waals surface area (Å²) in [6.45, 7) is 15.2. The molecule has 0 N–H and O–H groups in total. The number of cyclic esters (lactones) is 3. The minimum absolute atomic E-state index is 0.0360. The van der Waals surface area contributed by atoms with Gasteiger partial charge in [0, 0.05) is 19.3 Å². The van der Waals surface area contributed by atoms with Crippen molar-refractivity contribution in [1.82, 2.24) is 0 Å². The van der Waals surface area contributed by atoms with E-state index in [0.717, 1.165) is 199 Å². The number of hydrogen-bond donors (Lipinski definition) is 0. The van der Waals surface area contributed by atoms with Gasteiger partial charge in [-0.2, -0.15) is 0 Å². The smallest absolute Gasteiger partial charge is 0.306 e. The molecular weight excluding hydrogens is 817 g/mol. The summed E-state index contributed by atoms with van der Waals surface area (Å²) in [7, 11) is 0. The normalized spacial score (nSPS) is 58.7. The van der Waals surface area contributed by atoms with Gasteiger partial charge >= 0.3 is 17.9 Å². The van der Waals surface area contributed by atoms with Crippen molar-refractivity contribution in [3.8, 4) is 0 Å². The fourth-order valence-electron chi connectivity index (χ4n) is 23.7. The van der Waals surface area contributed by atoms with Crippen molar-refractivity contribution in [1.29, 1.82) is 0 Å². The van der Waals surface area contributed by atoms with E-state index in [2.05, 4.69) is 41.5 Å². The maximum absolute atomic E-state index is 11.7. The van der Waals surface area contributed by atoms with E-state index in [1.54, 1.807) is 12.8 Å². The standard InChI is InChI=1S/C21H32O2.C20H30O2.C19H28O2/c1-11-12(2)17-10-16(11)20-14-8-13(18(9-14)21(17)20)6-7-15-4-3-5-19(22)23-15;1-10-11(2)16-9-15(10)19-13-7-12(17(8-13)20(16)19)3-4-14-5-6-18(21)22-14;1-9-10(2)13-8-12(9)18-11-6-14(15(7-11)19(13)18)16-4-3-5-17(20)21-16/h11-18,20-21H,3-10H2,1-2H3;10-17,19-20H,3-9H2,1-2H3;9-16,18-19H,3-8H2,1-2H3. The summed E-state index contributed by atoms with van der Waals surface area (Å²) in [4.78, 5) is 34.4. The van der Waals surface area contributed by atoms with Gasteiger partial charge in [0.05, 0.1) is 0 Å². The van der Waals surface area contributed by atoms with Crippen molar-refractivity contribution in [2.24, 2.45) is 160 Å². The fourth-order valence-corrected chi connectivity index (χ4v) is 23.7. The maximum Gasteiger partial charge on any atom is 0.306 e. The van der Waals surface area contributed by atoms with Gasteiger partial charge in [-0.3, -0.25) is 14.4 Å². The summed E-state index contributed by atoms with van der Waals surface area (Å²) in [5, 5.41) is 0. The third kappa shape index (κ3) is 6.85. The summed E-state index contributed by atoms with van der Waals surface area (Å²) in [5.41, 5.74) is 0. The van der Waals surface area contributed by atoms with Crippen LogP contribution in [0.1, 0.15) is 176 Å². The summed E-state index contributed by atoms with van der Waals surface area (Å²) in [6.07, 6.45) is 26.5. The molecule has 15 rings (SSSR count). The Morgan fingerprint density at radius 3 is 1.20 bits per heavy atom. The minimum Gasteiger partial charge on any atom is -0.462 e. The zero-order valence-electron chi connectivity index (χ0n) is 42.1. The minimum atomic E-state index is 0.0360. The van der Waals surface area contributed by atoms with Crippen LogP contribution < -0.4 is 0 Å². The third-order valence-electron chi connectivity index (χ3n) is 26.4. The van der Waals surface area contributed by atoms with Crippen LogP contribution in [0.5, 0.6) is 0 Å². The molecule has 3 aliphatic heterocycles. The van der Waals surface area contributed by atoms with Crippen molar-refractivity contribution >= 4 is 17.9 Å². The van der Waals surface area contributed by atoms with Crippen LogP contribution in [-0.2, 0) is 28.6 Å². The van der Waals surface area contributed by atoms with E-state index in [1.165, 1.54) is 57.8 Å². The molecule has 15 fully saturated rings. The number of ether oxygens (including phenoxy) is 3. The van der Waals surface area contributed by atoms with Gasteiger partial charge in [0.2, 0.25) is 0 Å². The van der Waals surface area contributed by atoms with E-state index < -0.39 is 0 Å². The number of rotatable bonds is 7. The molecule has 366 valence electrons. The number of carbonyl (C=O) groups excluding carboxylic acids is 3. The lowest BCUT2D eigenvalue weighted by atomic mass is 9.61. The molecule has 30 unspecified atom stereocenters. The Morgan fingerprint density at radius 1 is 0.348 bits per heavy atom. The molecule has 66 heavy (non-hydrogen) atoms. The summed E-state index contributed by atoms with van der Waals surface area (Å²) in [5.74, 6) is 27.2. The lowest BCUT2D eigenvalue weighted by Crippen LogP contribution is -2.43. The highest BCUT2D eigenvalue weighted by Gasteiger charge is 2.68. The molecule has 3 heterocycles. The Hall–Kier alpha value is -1.59. The van der Waals surface area contributed by atoms with Gasteiger partial charge in [-0.1, -0.05) is 41.5 Å². The highest BCUT2D eigenvalue weighted by Crippen LogP contribution is 2.74. The van der Waals surface area contributed by atoms with E-state index >= 15 is 0 Å². The lowest BCUT2D eigenvalue weighted by molar-refractivity contribution is -0.160. The summed E-state index contributed by atoms with van der Waals surface area (Å²) in [6, 6.07) is 0. The van der Waals surface area contributed by atoms with Crippen molar-refractivity contribution in [3.63, 3.8) is 0 Å². The third-order valence-corrected chi connectivity index (χ3v) is 26.4. The molecule has 30 atom stereocenters. The Labute approximate surface area is 399 Å². The molecule has 6 nitrogen and oxygen atoms in total. The van der Waals surface area contributed by atoms with Crippen LogP contribution in [0.25, 0.3) is 0 Å². The second-order valence-electron chi connectivity index (χ2n) is 27.9. The number of esters is 3. The average Bonchev–Trinajstić information content (AvgIpc) is 4.14. The second kappa shape index (κ2) is 16.8. The highest BCUT2D eigenvalue weighted by atomic mass is 16.6. The Bertz CT molecular complexity index is 1880. The predicted molar refractivity (Wildman–Crippen MR) is 255 cm³/mol. The monoisotopic (exact) mass is 907 g/mol. The van der Waals surface area contributed by atoms with Crippen molar-refractivity contribution in [2.45, 2.75) is 195 Å². The second-order valence-corrected chi connectivity index (χ2v) is 27.9. The Balaban J connectivity index is 0.0000000989. The van der Waals surface area contributed by atoms with Crippen molar-refractivity contribution in [3.05, 3.63) is 0 Å². The molecule has 0 amide bonds. The van der Waals surface area contributed by atoms with Crippen molar-refractivity contribution < 1.29 is 28.6 Å². The number of hydrogen-bond acceptors (Lipinski definition) is 6. The zero-order chi connectivity index (χ0) is 45.0. The van der Waals surface area contributed by atoms with Crippen LogP contribution in [0, 0.1) is 160 Å².